The van der Waals surface area contributed by atoms with Crippen LogP contribution >= 0.6 is 0 Å². The van der Waals surface area contributed by atoms with Crippen molar-refractivity contribution in [1.82, 2.24) is 10.3 Å². The summed E-state index contributed by atoms with van der Waals surface area (Å²) < 4.78 is 0. The van der Waals surface area contributed by atoms with Gasteiger partial charge in [0.15, 0.2) is 0 Å². The number of aromatic nitrogens is 1. The third-order valence-corrected chi connectivity index (χ3v) is 2.82. The van der Waals surface area contributed by atoms with Crippen molar-refractivity contribution >= 4 is 17.5 Å². The Labute approximate surface area is 129 Å². The number of nitrogens with one attached hydrogen (secondary N) is 2. The van der Waals surface area contributed by atoms with Gasteiger partial charge in [0.25, 0.3) is 11.8 Å². The van der Waals surface area contributed by atoms with Crippen LogP contribution in [0, 0.1) is 0 Å². The molecule has 2 N–H and O–H groups in total. The highest BCUT2D eigenvalue weighted by molar-refractivity contribution is 6.04. The van der Waals surface area contributed by atoms with Crippen LogP contribution in [0.3, 0.4) is 0 Å². The summed E-state index contributed by atoms with van der Waals surface area (Å²) in [5.74, 6) is -0.377. The molecule has 1 aromatic carbocycles. The fourth-order valence-electron chi connectivity index (χ4n) is 1.82. The van der Waals surface area contributed by atoms with Crippen molar-refractivity contribution < 1.29 is 9.59 Å². The van der Waals surface area contributed by atoms with Crippen LogP contribution in [0.1, 0.15) is 41.5 Å². The molecule has 0 radical (unpaired) electrons. The highest BCUT2D eigenvalue weighted by Crippen LogP contribution is 2.12. The maximum atomic E-state index is 12.0. The molecule has 22 heavy (non-hydrogen) atoms. The number of rotatable bonds is 3. The van der Waals surface area contributed by atoms with Crippen LogP contribution in [-0.2, 0) is 0 Å². The smallest absolute Gasteiger partial charge is 0.257 e. The number of hydrogen-bond donors (Lipinski definition) is 2. The number of pyridine rings is 1. The largest absolute Gasteiger partial charge is 0.347 e. The molecule has 2 aromatic rings. The minimum Gasteiger partial charge on any atom is -0.347 e. The zero-order valence-electron chi connectivity index (χ0n) is 12.9. The second-order valence-electron chi connectivity index (χ2n) is 5.98. The van der Waals surface area contributed by atoms with Crippen LogP contribution in [0.15, 0.2) is 48.8 Å². The van der Waals surface area contributed by atoms with Gasteiger partial charge in [-0.05, 0) is 57.2 Å². The summed E-state index contributed by atoms with van der Waals surface area (Å²) in [7, 11) is 0. The molecule has 1 aromatic heterocycles. The maximum absolute atomic E-state index is 12.0. The van der Waals surface area contributed by atoms with E-state index in [1.54, 1.807) is 42.6 Å². The molecule has 5 heteroatoms. The first-order valence-corrected chi connectivity index (χ1v) is 6.99. The highest BCUT2D eigenvalue weighted by atomic mass is 16.2. The molecule has 0 saturated heterocycles. The van der Waals surface area contributed by atoms with Crippen molar-refractivity contribution in [3.05, 3.63) is 59.9 Å². The first-order chi connectivity index (χ1) is 10.3. The van der Waals surface area contributed by atoms with Crippen LogP contribution in [0.4, 0.5) is 5.69 Å². The lowest BCUT2D eigenvalue weighted by Gasteiger charge is -2.20. The Bertz CT molecular complexity index is 659. The van der Waals surface area contributed by atoms with Gasteiger partial charge in [-0.2, -0.15) is 0 Å². The predicted molar refractivity (Wildman–Crippen MR) is 85.9 cm³/mol. The fraction of sp³-hybridized carbons (Fsp3) is 0.235. The van der Waals surface area contributed by atoms with Gasteiger partial charge in [-0.1, -0.05) is 0 Å². The van der Waals surface area contributed by atoms with E-state index in [1.807, 2.05) is 20.8 Å². The van der Waals surface area contributed by atoms with Gasteiger partial charge in [0.2, 0.25) is 0 Å². The molecule has 0 aliphatic heterocycles. The summed E-state index contributed by atoms with van der Waals surface area (Å²) in [5.41, 5.74) is 1.37. The number of nitrogens with zero attached hydrogens (tertiary/aromatic N) is 1. The predicted octanol–water partition coefficient (Wildman–Crippen LogP) is 2.86. The number of carbonyl (C=O) groups is 2. The second-order valence-corrected chi connectivity index (χ2v) is 5.98. The van der Waals surface area contributed by atoms with Crippen molar-refractivity contribution in [3.8, 4) is 0 Å². The van der Waals surface area contributed by atoms with Crippen LogP contribution in [0.2, 0.25) is 0 Å². The van der Waals surface area contributed by atoms with E-state index in [-0.39, 0.29) is 17.4 Å². The molecule has 1 heterocycles. The zero-order chi connectivity index (χ0) is 16.2. The van der Waals surface area contributed by atoms with Gasteiger partial charge in [0.1, 0.15) is 0 Å². The SMILES string of the molecule is CC(C)(C)NC(=O)c1ccc(NC(=O)c2cccnc2)cc1. The van der Waals surface area contributed by atoms with Crippen molar-refractivity contribution in [1.29, 1.82) is 0 Å². The molecule has 0 aliphatic rings. The molecular formula is C17H19N3O2. The zero-order valence-corrected chi connectivity index (χ0v) is 12.9. The van der Waals surface area contributed by atoms with Gasteiger partial charge < -0.3 is 10.6 Å². The first-order valence-electron chi connectivity index (χ1n) is 6.99. The summed E-state index contributed by atoms with van der Waals surface area (Å²) in [6, 6.07) is 10.2. The Balaban J connectivity index is 2.03. The molecule has 0 saturated carbocycles. The van der Waals surface area contributed by atoms with Crippen molar-refractivity contribution in [2.24, 2.45) is 0 Å². The maximum Gasteiger partial charge on any atom is 0.257 e. The molecule has 0 bridgehead atoms. The molecule has 114 valence electrons. The van der Waals surface area contributed by atoms with E-state index in [2.05, 4.69) is 15.6 Å². The second kappa shape index (κ2) is 6.39. The Morgan fingerprint density at radius 1 is 0.955 bits per heavy atom. The van der Waals surface area contributed by atoms with Crippen LogP contribution in [-0.4, -0.2) is 22.3 Å². The third-order valence-electron chi connectivity index (χ3n) is 2.82. The van der Waals surface area contributed by atoms with Gasteiger partial charge in [0, 0.05) is 29.2 Å². The van der Waals surface area contributed by atoms with Crippen LogP contribution in [0.25, 0.3) is 0 Å². The molecule has 0 fully saturated rings. The van der Waals surface area contributed by atoms with Gasteiger partial charge in [-0.3, -0.25) is 14.6 Å². The highest BCUT2D eigenvalue weighted by Gasteiger charge is 2.15. The molecule has 5 nitrogen and oxygen atoms in total. The summed E-state index contributed by atoms with van der Waals surface area (Å²) in [5, 5.41) is 5.65. The molecule has 0 atom stereocenters. The van der Waals surface area contributed by atoms with E-state index in [9.17, 15) is 9.59 Å². The lowest BCUT2D eigenvalue weighted by molar-refractivity contribution is 0.0919. The Kier molecular flexibility index (Phi) is 4.56. The molecule has 0 unspecified atom stereocenters. The van der Waals surface area contributed by atoms with Crippen LogP contribution < -0.4 is 10.6 Å². The minimum atomic E-state index is -0.287. The Hall–Kier alpha value is -2.69. The summed E-state index contributed by atoms with van der Waals surface area (Å²) in [6.07, 6.45) is 3.11. The average Bonchev–Trinajstić information content (AvgIpc) is 2.47. The number of carbonyl (C=O) groups excluding carboxylic acids is 2. The van der Waals surface area contributed by atoms with E-state index in [1.165, 1.54) is 6.20 Å². The summed E-state index contributed by atoms with van der Waals surface area (Å²) in [4.78, 5) is 27.9. The molecule has 2 amide bonds. The molecule has 0 spiro atoms. The number of amides is 2. The number of hydrogen-bond acceptors (Lipinski definition) is 3. The van der Waals surface area contributed by atoms with Crippen molar-refractivity contribution in [2.45, 2.75) is 26.3 Å². The first kappa shape index (κ1) is 15.7. The quantitative estimate of drug-likeness (QED) is 0.915. The van der Waals surface area contributed by atoms with Crippen LogP contribution in [0.5, 0.6) is 0 Å². The Morgan fingerprint density at radius 2 is 1.64 bits per heavy atom. The van der Waals surface area contributed by atoms with Gasteiger partial charge in [-0.25, -0.2) is 0 Å². The standard InChI is InChI=1S/C17H19N3O2/c1-17(2,3)20-16(22)12-6-8-14(9-7-12)19-15(21)13-5-4-10-18-11-13/h4-11H,1-3H3,(H,19,21)(H,20,22). The van der Waals surface area contributed by atoms with E-state index >= 15 is 0 Å². The van der Waals surface area contributed by atoms with E-state index < -0.39 is 0 Å². The van der Waals surface area contributed by atoms with E-state index in [4.69, 9.17) is 0 Å². The number of benzene rings is 1. The minimum absolute atomic E-state index is 0.141. The lowest BCUT2D eigenvalue weighted by atomic mass is 10.1. The van der Waals surface area contributed by atoms with Gasteiger partial charge >= 0.3 is 0 Å². The fourth-order valence-corrected chi connectivity index (χ4v) is 1.82. The summed E-state index contributed by atoms with van der Waals surface area (Å²) >= 11 is 0. The Morgan fingerprint density at radius 3 is 2.18 bits per heavy atom. The van der Waals surface area contributed by atoms with Crippen molar-refractivity contribution in [3.63, 3.8) is 0 Å². The summed E-state index contributed by atoms with van der Waals surface area (Å²) in [6.45, 7) is 5.77. The molecular weight excluding hydrogens is 278 g/mol. The normalized spacial score (nSPS) is 10.9. The lowest BCUT2D eigenvalue weighted by Crippen LogP contribution is -2.40. The third kappa shape index (κ3) is 4.41. The molecule has 2 rings (SSSR count). The van der Waals surface area contributed by atoms with E-state index in [0.29, 0.717) is 16.8 Å². The van der Waals surface area contributed by atoms with Gasteiger partial charge in [0.05, 0.1) is 5.56 Å². The van der Waals surface area contributed by atoms with E-state index in [0.717, 1.165) is 0 Å². The number of anilines is 1. The topological polar surface area (TPSA) is 71.1 Å². The molecule has 0 aliphatic carbocycles. The monoisotopic (exact) mass is 297 g/mol. The van der Waals surface area contributed by atoms with Gasteiger partial charge in [-0.15, -0.1) is 0 Å². The average molecular weight is 297 g/mol. The van der Waals surface area contributed by atoms with Crippen molar-refractivity contribution in [2.75, 3.05) is 5.32 Å².